The van der Waals surface area contributed by atoms with Crippen LogP contribution in [-0.4, -0.2) is 72.9 Å². The van der Waals surface area contributed by atoms with Gasteiger partial charge in [0, 0.05) is 39.3 Å². The summed E-state index contributed by atoms with van der Waals surface area (Å²) in [5.74, 6) is -6.12. The SMILES string of the molecule is O=C([O-])CN(CCN(CC(=O)[O-])CC(=O)[O-])CC(=O)[O-].[Cl-].[Na+].[Na+].[Na+].[Na+].[Na+]. The molecule has 0 unspecified atom stereocenters. The van der Waals surface area contributed by atoms with Crippen molar-refractivity contribution in [2.45, 2.75) is 0 Å². The topological polar surface area (TPSA) is 167 Å². The quantitative estimate of drug-likeness (QED) is 0.282. The van der Waals surface area contributed by atoms with Crippen LogP contribution in [0.5, 0.6) is 0 Å². The number of carbonyl (C=O) groups excluding carboxylic acids is 4. The summed E-state index contributed by atoms with van der Waals surface area (Å²) in [6.45, 7) is -3.25. The summed E-state index contributed by atoms with van der Waals surface area (Å²) in [5.41, 5.74) is 0. The van der Waals surface area contributed by atoms with Crippen LogP contribution < -0.4 is 181 Å². The Bertz CT molecular complexity index is 340. The van der Waals surface area contributed by atoms with Crippen LogP contribution in [0.3, 0.4) is 0 Å². The molecule has 0 radical (unpaired) electrons. The minimum Gasteiger partial charge on any atom is -1.00 e. The summed E-state index contributed by atoms with van der Waals surface area (Å²) in [6.07, 6.45) is 0. The van der Waals surface area contributed by atoms with Crippen molar-refractivity contribution >= 4 is 23.9 Å². The molecule has 0 N–H and O–H groups in total. The Kier molecular flexibility index (Phi) is 50.8. The van der Waals surface area contributed by atoms with Crippen molar-refractivity contribution in [1.29, 1.82) is 0 Å². The van der Waals surface area contributed by atoms with E-state index >= 15 is 0 Å². The first-order chi connectivity index (χ1) is 9.20. The fourth-order valence-corrected chi connectivity index (χ4v) is 1.44. The molecule has 0 aromatic heterocycles. The van der Waals surface area contributed by atoms with Crippen LogP contribution >= 0.6 is 0 Å². The van der Waals surface area contributed by atoms with Crippen molar-refractivity contribution in [3.05, 3.63) is 0 Å². The zero-order chi connectivity index (χ0) is 15.7. The van der Waals surface area contributed by atoms with Gasteiger partial charge in [0.25, 0.3) is 0 Å². The van der Waals surface area contributed by atoms with Gasteiger partial charge in [0.2, 0.25) is 0 Å². The van der Waals surface area contributed by atoms with Gasteiger partial charge in [-0.05, 0) is 0 Å². The monoisotopic (exact) mass is 438 g/mol. The molecule has 26 heavy (non-hydrogen) atoms. The molecule has 0 aromatic rings. The third-order valence-electron chi connectivity index (χ3n) is 2.14. The van der Waals surface area contributed by atoms with Crippen LogP contribution in [0, 0.1) is 0 Å². The van der Waals surface area contributed by atoms with E-state index < -0.39 is 50.1 Å². The van der Waals surface area contributed by atoms with Crippen LogP contribution in [0.25, 0.3) is 0 Å². The summed E-state index contributed by atoms with van der Waals surface area (Å²) in [6, 6.07) is 0. The van der Waals surface area contributed by atoms with Crippen molar-refractivity contribution in [2.24, 2.45) is 0 Å². The second-order valence-corrected chi connectivity index (χ2v) is 3.91. The molecular formula is C10H12ClN2Na5O8. The minimum atomic E-state index is -1.53. The fraction of sp³-hybridized carbons (Fsp3) is 0.600. The molecule has 0 fully saturated rings. The van der Waals surface area contributed by atoms with E-state index in [-0.39, 0.29) is 173 Å². The van der Waals surface area contributed by atoms with Gasteiger partial charge in [-0.1, -0.05) is 0 Å². The molecule has 16 heteroatoms. The van der Waals surface area contributed by atoms with Gasteiger partial charge in [0.05, 0.1) is 23.9 Å². The maximum atomic E-state index is 10.4. The van der Waals surface area contributed by atoms with Gasteiger partial charge in [-0.3, -0.25) is 9.80 Å². The molecule has 0 rings (SSSR count). The van der Waals surface area contributed by atoms with E-state index in [1.807, 2.05) is 0 Å². The Balaban J connectivity index is -0.000000120. The zero-order valence-corrected chi connectivity index (χ0v) is 26.5. The van der Waals surface area contributed by atoms with E-state index in [1.54, 1.807) is 0 Å². The van der Waals surface area contributed by atoms with Gasteiger partial charge in [-0.2, -0.15) is 0 Å². The number of carboxylic acid groups (broad SMARTS) is 4. The second-order valence-electron chi connectivity index (χ2n) is 3.91. The van der Waals surface area contributed by atoms with Crippen LogP contribution in [0.15, 0.2) is 0 Å². The number of halogens is 1. The molecule has 0 bridgehead atoms. The largest absolute Gasteiger partial charge is 1.00 e. The molecule has 0 spiro atoms. The molecule has 0 heterocycles. The van der Waals surface area contributed by atoms with E-state index in [4.69, 9.17) is 0 Å². The first kappa shape index (κ1) is 47.0. The van der Waals surface area contributed by atoms with E-state index in [0.29, 0.717) is 0 Å². The van der Waals surface area contributed by atoms with Crippen molar-refractivity contribution in [3.8, 4) is 0 Å². The normalized spacial score (nSPS) is 8.23. The molecule has 0 aromatic carbocycles. The molecule has 122 valence electrons. The van der Waals surface area contributed by atoms with Gasteiger partial charge < -0.3 is 52.0 Å². The molecule has 0 saturated carbocycles. The minimum absolute atomic E-state index is 0. The fourth-order valence-electron chi connectivity index (χ4n) is 1.44. The first-order valence-corrected chi connectivity index (χ1v) is 5.44. The maximum absolute atomic E-state index is 10.4. The summed E-state index contributed by atoms with van der Waals surface area (Å²) in [4.78, 5) is 43.4. The van der Waals surface area contributed by atoms with Crippen molar-refractivity contribution < 1.29 is 200 Å². The zero-order valence-electron chi connectivity index (χ0n) is 15.8. The molecule has 0 amide bonds. The standard InChI is InChI=1S/C10H16N2O8.ClH.5Na/c13-7(14)3-11(4-8(15)16)1-2-12(5-9(17)18)6-10(19)20;;;;;;/h1-6H2,(H,13,14)(H,15,16)(H,17,18)(H,19,20);1H;;;;;/q;;5*+1/p-5. The molecule has 0 atom stereocenters. The molecule has 0 aliphatic heterocycles. The smallest absolute Gasteiger partial charge is 1.00 e. The summed E-state index contributed by atoms with van der Waals surface area (Å²) in [5, 5.41) is 41.6. The van der Waals surface area contributed by atoms with Crippen LogP contribution in [0.4, 0.5) is 0 Å². The van der Waals surface area contributed by atoms with Crippen molar-refractivity contribution in [1.82, 2.24) is 9.80 Å². The Morgan fingerprint density at radius 1 is 0.500 bits per heavy atom. The number of rotatable bonds is 11. The molecule has 0 aliphatic carbocycles. The number of hydrogen-bond donors (Lipinski definition) is 0. The number of carboxylic acids is 4. The maximum Gasteiger partial charge on any atom is 1.00 e. The summed E-state index contributed by atoms with van der Waals surface area (Å²) < 4.78 is 0. The summed E-state index contributed by atoms with van der Waals surface area (Å²) >= 11 is 0. The molecule has 0 aliphatic rings. The third-order valence-corrected chi connectivity index (χ3v) is 2.14. The first-order valence-electron chi connectivity index (χ1n) is 5.44. The Hall–Kier alpha value is 3.09. The van der Waals surface area contributed by atoms with E-state index in [2.05, 4.69) is 0 Å². The van der Waals surface area contributed by atoms with E-state index in [0.717, 1.165) is 9.80 Å². The van der Waals surface area contributed by atoms with Gasteiger partial charge in [-0.15, -0.1) is 0 Å². The summed E-state index contributed by atoms with van der Waals surface area (Å²) in [7, 11) is 0. The van der Waals surface area contributed by atoms with E-state index in [9.17, 15) is 39.6 Å². The number of hydrogen-bond acceptors (Lipinski definition) is 10. The average molecular weight is 439 g/mol. The van der Waals surface area contributed by atoms with Gasteiger partial charge >= 0.3 is 148 Å². The predicted octanol–water partition coefficient (Wildman–Crippen LogP) is -25.4. The number of aliphatic carboxylic acids is 4. The molecule has 0 saturated heterocycles. The Morgan fingerprint density at radius 2 is 0.654 bits per heavy atom. The Labute approximate surface area is 268 Å². The van der Waals surface area contributed by atoms with Gasteiger partial charge in [0.15, 0.2) is 0 Å². The number of nitrogens with zero attached hydrogens (tertiary/aromatic N) is 2. The molecule has 10 nitrogen and oxygen atoms in total. The van der Waals surface area contributed by atoms with Crippen LogP contribution in [-0.2, 0) is 19.2 Å². The van der Waals surface area contributed by atoms with Gasteiger partial charge in [-0.25, -0.2) is 0 Å². The third kappa shape index (κ3) is 31.8. The van der Waals surface area contributed by atoms with Crippen molar-refractivity contribution in [3.63, 3.8) is 0 Å². The Morgan fingerprint density at radius 3 is 0.769 bits per heavy atom. The van der Waals surface area contributed by atoms with Crippen LogP contribution in [0.1, 0.15) is 0 Å². The predicted molar refractivity (Wildman–Crippen MR) is 52.9 cm³/mol. The van der Waals surface area contributed by atoms with E-state index in [1.165, 1.54) is 0 Å². The van der Waals surface area contributed by atoms with Crippen LogP contribution in [0.2, 0.25) is 0 Å². The molecular weight excluding hydrogens is 427 g/mol. The van der Waals surface area contributed by atoms with Crippen molar-refractivity contribution in [2.75, 3.05) is 39.3 Å². The average Bonchev–Trinajstić information content (AvgIpc) is 2.22. The number of carbonyl (C=O) groups is 4. The second kappa shape index (κ2) is 28.1. The van der Waals surface area contributed by atoms with Gasteiger partial charge in [0.1, 0.15) is 0 Å².